The Morgan fingerprint density at radius 3 is 2.53 bits per heavy atom. The molecule has 0 bridgehead atoms. The number of thiophene rings is 1. The predicted molar refractivity (Wildman–Crippen MR) is 76.4 cm³/mol. The fourth-order valence-electron chi connectivity index (χ4n) is 2.29. The number of rotatable bonds is 2. The highest BCUT2D eigenvalue weighted by Gasteiger charge is 2.23. The normalized spacial score (nSPS) is 13.4. The van der Waals surface area contributed by atoms with E-state index in [0.717, 1.165) is 18.1 Å². The van der Waals surface area contributed by atoms with Gasteiger partial charge in [0.15, 0.2) is 0 Å². The molecule has 0 fully saturated rings. The smallest absolute Gasteiger partial charge is 0.350 e. The molecule has 0 radical (unpaired) electrons. The van der Waals surface area contributed by atoms with E-state index >= 15 is 0 Å². The minimum absolute atomic E-state index is 0.370. The lowest BCUT2D eigenvalue weighted by Gasteiger charge is -2.14. The molecule has 2 heterocycles. The SMILES string of the molecule is COC(=O)c1sc(N2Cc3ccccc3C2)cc1N. The van der Waals surface area contributed by atoms with Gasteiger partial charge in [-0.05, 0) is 17.2 Å². The third-order valence-electron chi connectivity index (χ3n) is 3.27. The van der Waals surface area contributed by atoms with Gasteiger partial charge >= 0.3 is 5.97 Å². The molecule has 19 heavy (non-hydrogen) atoms. The molecule has 2 N–H and O–H groups in total. The second-order valence-electron chi connectivity index (χ2n) is 4.49. The summed E-state index contributed by atoms with van der Waals surface area (Å²) < 4.78 is 4.73. The Kier molecular flexibility index (Phi) is 2.91. The summed E-state index contributed by atoms with van der Waals surface area (Å²) in [6, 6.07) is 10.2. The van der Waals surface area contributed by atoms with E-state index in [4.69, 9.17) is 10.5 Å². The summed E-state index contributed by atoms with van der Waals surface area (Å²) in [5.41, 5.74) is 9.02. The van der Waals surface area contributed by atoms with E-state index in [0.29, 0.717) is 10.6 Å². The number of fused-ring (bicyclic) bond motifs is 1. The van der Waals surface area contributed by atoms with E-state index in [9.17, 15) is 4.79 Å². The van der Waals surface area contributed by atoms with Crippen molar-refractivity contribution in [2.75, 3.05) is 17.7 Å². The van der Waals surface area contributed by atoms with Crippen LogP contribution in [0.2, 0.25) is 0 Å². The molecule has 98 valence electrons. The van der Waals surface area contributed by atoms with Crippen LogP contribution in [-0.4, -0.2) is 13.1 Å². The van der Waals surface area contributed by atoms with Crippen molar-refractivity contribution in [1.82, 2.24) is 0 Å². The van der Waals surface area contributed by atoms with Crippen LogP contribution < -0.4 is 10.6 Å². The van der Waals surface area contributed by atoms with Gasteiger partial charge in [0.05, 0.1) is 17.8 Å². The highest BCUT2D eigenvalue weighted by atomic mass is 32.1. The Labute approximate surface area is 115 Å². The van der Waals surface area contributed by atoms with Crippen LogP contribution in [0.25, 0.3) is 0 Å². The van der Waals surface area contributed by atoms with E-state index in [1.807, 2.05) is 18.2 Å². The number of hydrogen-bond donors (Lipinski definition) is 1. The van der Waals surface area contributed by atoms with Crippen molar-refractivity contribution in [3.8, 4) is 0 Å². The number of hydrogen-bond acceptors (Lipinski definition) is 5. The number of nitrogens with zero attached hydrogens (tertiary/aromatic N) is 1. The quantitative estimate of drug-likeness (QED) is 0.855. The topological polar surface area (TPSA) is 55.6 Å². The monoisotopic (exact) mass is 274 g/mol. The summed E-state index contributed by atoms with van der Waals surface area (Å²) in [5.74, 6) is -0.370. The van der Waals surface area contributed by atoms with Crippen molar-refractivity contribution < 1.29 is 9.53 Å². The maximum Gasteiger partial charge on any atom is 0.350 e. The predicted octanol–water partition coefficient (Wildman–Crippen LogP) is 2.64. The molecular weight excluding hydrogens is 260 g/mol. The van der Waals surface area contributed by atoms with Crippen molar-refractivity contribution in [3.05, 3.63) is 46.3 Å². The van der Waals surface area contributed by atoms with E-state index in [1.54, 1.807) is 0 Å². The Morgan fingerprint density at radius 1 is 1.32 bits per heavy atom. The van der Waals surface area contributed by atoms with Gasteiger partial charge in [0.25, 0.3) is 0 Å². The van der Waals surface area contributed by atoms with E-state index in [2.05, 4.69) is 17.0 Å². The van der Waals surface area contributed by atoms with Crippen molar-refractivity contribution in [3.63, 3.8) is 0 Å². The summed E-state index contributed by atoms with van der Waals surface area (Å²) in [7, 11) is 1.37. The lowest BCUT2D eigenvalue weighted by Crippen LogP contribution is -2.12. The van der Waals surface area contributed by atoms with Crippen molar-refractivity contribution in [1.29, 1.82) is 0 Å². The molecule has 1 aliphatic rings. The molecular formula is C14H14N2O2S. The van der Waals surface area contributed by atoms with Crippen LogP contribution in [0.1, 0.15) is 20.8 Å². The van der Waals surface area contributed by atoms with Gasteiger partial charge in [-0.15, -0.1) is 11.3 Å². The molecule has 1 aromatic heterocycles. The van der Waals surface area contributed by atoms with Crippen LogP contribution in [0, 0.1) is 0 Å². The zero-order chi connectivity index (χ0) is 13.4. The molecule has 0 unspecified atom stereocenters. The first-order valence-electron chi connectivity index (χ1n) is 5.98. The molecule has 0 atom stereocenters. The number of nitrogens with two attached hydrogens (primary N) is 1. The summed E-state index contributed by atoms with van der Waals surface area (Å²) in [4.78, 5) is 14.3. The Bertz CT molecular complexity index is 611. The zero-order valence-electron chi connectivity index (χ0n) is 10.6. The fraction of sp³-hybridized carbons (Fsp3) is 0.214. The number of ether oxygens (including phenoxy) is 1. The molecule has 0 amide bonds. The molecule has 1 aromatic carbocycles. The molecule has 5 heteroatoms. The second kappa shape index (κ2) is 4.59. The number of methoxy groups -OCH3 is 1. The maximum absolute atomic E-state index is 11.6. The molecule has 0 spiro atoms. The van der Waals surface area contributed by atoms with Crippen LogP contribution in [0.4, 0.5) is 10.7 Å². The first-order valence-corrected chi connectivity index (χ1v) is 6.80. The van der Waals surface area contributed by atoms with Gasteiger partial charge in [0, 0.05) is 13.1 Å². The first kappa shape index (κ1) is 12.0. The number of benzene rings is 1. The van der Waals surface area contributed by atoms with Crippen LogP contribution in [-0.2, 0) is 17.8 Å². The van der Waals surface area contributed by atoms with E-state index in [1.165, 1.54) is 29.6 Å². The molecule has 1 aliphatic heterocycles. The lowest BCUT2D eigenvalue weighted by atomic mass is 10.1. The van der Waals surface area contributed by atoms with Gasteiger partial charge in [-0.25, -0.2) is 4.79 Å². The highest BCUT2D eigenvalue weighted by molar-refractivity contribution is 7.18. The average Bonchev–Trinajstić information content (AvgIpc) is 3.00. The third-order valence-corrected chi connectivity index (χ3v) is 4.46. The lowest BCUT2D eigenvalue weighted by molar-refractivity contribution is 0.0607. The van der Waals surface area contributed by atoms with Gasteiger partial charge in [-0.1, -0.05) is 24.3 Å². The maximum atomic E-state index is 11.6. The van der Waals surface area contributed by atoms with Gasteiger partial charge in [-0.2, -0.15) is 0 Å². The number of esters is 1. The van der Waals surface area contributed by atoms with Crippen LogP contribution >= 0.6 is 11.3 Å². The molecule has 2 aromatic rings. The Balaban J connectivity index is 1.88. The summed E-state index contributed by atoms with van der Waals surface area (Å²) in [6.07, 6.45) is 0. The van der Waals surface area contributed by atoms with Crippen molar-refractivity contribution in [2.45, 2.75) is 13.1 Å². The van der Waals surface area contributed by atoms with Crippen molar-refractivity contribution in [2.24, 2.45) is 0 Å². The second-order valence-corrected chi connectivity index (χ2v) is 5.52. The third kappa shape index (κ3) is 2.06. The van der Waals surface area contributed by atoms with Crippen molar-refractivity contribution >= 4 is 28.0 Å². The Hall–Kier alpha value is -2.01. The van der Waals surface area contributed by atoms with Gasteiger partial charge in [0.1, 0.15) is 4.88 Å². The van der Waals surface area contributed by atoms with Crippen LogP contribution in [0.5, 0.6) is 0 Å². The minimum atomic E-state index is -0.370. The summed E-state index contributed by atoms with van der Waals surface area (Å²) >= 11 is 1.39. The van der Waals surface area contributed by atoms with Crippen LogP contribution in [0.3, 0.4) is 0 Å². The Morgan fingerprint density at radius 2 is 1.95 bits per heavy atom. The number of anilines is 2. The molecule has 0 saturated heterocycles. The largest absolute Gasteiger partial charge is 0.465 e. The molecule has 3 rings (SSSR count). The molecule has 0 saturated carbocycles. The number of nitrogen functional groups attached to an aromatic ring is 1. The first-order chi connectivity index (χ1) is 9.19. The average molecular weight is 274 g/mol. The fourth-order valence-corrected chi connectivity index (χ4v) is 3.29. The van der Waals surface area contributed by atoms with E-state index in [-0.39, 0.29) is 5.97 Å². The summed E-state index contributed by atoms with van der Waals surface area (Å²) in [5, 5.41) is 1.01. The molecule has 4 nitrogen and oxygen atoms in total. The standard InChI is InChI=1S/C14H14N2O2S/c1-18-14(17)13-11(15)6-12(19-13)16-7-9-4-2-3-5-10(9)8-16/h2-6H,7-8,15H2,1H3. The van der Waals surface area contributed by atoms with Gasteiger partial charge in [-0.3, -0.25) is 0 Å². The van der Waals surface area contributed by atoms with Gasteiger partial charge in [0.2, 0.25) is 0 Å². The van der Waals surface area contributed by atoms with Gasteiger partial charge < -0.3 is 15.4 Å². The molecule has 0 aliphatic carbocycles. The highest BCUT2D eigenvalue weighted by Crippen LogP contribution is 2.37. The number of carbonyl (C=O) groups is 1. The zero-order valence-corrected chi connectivity index (χ0v) is 11.4. The minimum Gasteiger partial charge on any atom is -0.465 e. The van der Waals surface area contributed by atoms with Crippen LogP contribution in [0.15, 0.2) is 30.3 Å². The number of carbonyl (C=O) groups excluding carboxylic acids is 1. The summed E-state index contributed by atoms with van der Waals surface area (Å²) in [6.45, 7) is 1.72. The van der Waals surface area contributed by atoms with E-state index < -0.39 is 0 Å².